The van der Waals surface area contributed by atoms with Crippen molar-refractivity contribution in [3.8, 4) is 0 Å². The highest BCUT2D eigenvalue weighted by molar-refractivity contribution is 6.11. The number of carbonyl (C=O) groups excluding carboxylic acids is 2. The number of nitrogens with zero attached hydrogens (tertiary/aromatic N) is 2. The minimum Gasteiger partial charge on any atom is -0.464 e. The first-order valence-electron chi connectivity index (χ1n) is 11.9. The number of aromatic nitrogens is 2. The van der Waals surface area contributed by atoms with Crippen LogP contribution in [0.2, 0.25) is 0 Å². The fraction of sp³-hybridized carbons (Fsp3) is 0.444. The van der Waals surface area contributed by atoms with Crippen LogP contribution in [0.5, 0.6) is 0 Å². The molecule has 8 heteroatoms. The van der Waals surface area contributed by atoms with Crippen molar-refractivity contribution in [2.45, 2.75) is 65.6 Å². The van der Waals surface area contributed by atoms with Crippen molar-refractivity contribution in [1.82, 2.24) is 9.55 Å². The van der Waals surface area contributed by atoms with E-state index >= 15 is 0 Å². The molecule has 0 spiro atoms. The number of carbonyl (C=O) groups is 2. The van der Waals surface area contributed by atoms with E-state index in [-0.39, 0.29) is 30.0 Å². The van der Waals surface area contributed by atoms with Crippen molar-refractivity contribution < 1.29 is 19.4 Å². The average molecular weight is 481 g/mol. The van der Waals surface area contributed by atoms with Gasteiger partial charge in [-0.2, -0.15) is 0 Å². The molecule has 35 heavy (non-hydrogen) atoms. The number of ether oxygens (including phenoxy) is 1. The predicted molar refractivity (Wildman–Crippen MR) is 139 cm³/mol. The summed E-state index contributed by atoms with van der Waals surface area (Å²) in [5.41, 5.74) is 2.03. The molecule has 0 fully saturated rings. The number of hydrogen-bond donors (Lipinski definition) is 3. The van der Waals surface area contributed by atoms with E-state index in [9.17, 15) is 14.7 Å². The van der Waals surface area contributed by atoms with E-state index < -0.39 is 11.6 Å². The number of pyridine rings is 1. The van der Waals surface area contributed by atoms with Gasteiger partial charge in [-0.3, -0.25) is 4.79 Å². The molecule has 0 aliphatic rings. The van der Waals surface area contributed by atoms with E-state index in [2.05, 4.69) is 29.5 Å². The van der Waals surface area contributed by atoms with Crippen molar-refractivity contribution in [3.05, 3.63) is 53.9 Å². The maximum Gasteiger partial charge on any atom is 0.356 e. The Kier molecular flexibility index (Phi) is 8.17. The normalized spacial score (nSPS) is 12.6. The zero-order valence-corrected chi connectivity index (χ0v) is 21.4. The molecule has 1 atom stereocenters. The predicted octanol–water partition coefficient (Wildman–Crippen LogP) is 4.62. The van der Waals surface area contributed by atoms with E-state index in [1.165, 1.54) is 7.11 Å². The van der Waals surface area contributed by atoms with E-state index in [0.717, 1.165) is 11.3 Å². The largest absolute Gasteiger partial charge is 0.464 e. The van der Waals surface area contributed by atoms with Crippen LogP contribution >= 0.6 is 0 Å². The topological polar surface area (TPSA) is 105 Å². The number of hydrogen-bond acceptors (Lipinski definition) is 6. The smallest absolute Gasteiger partial charge is 0.356 e. The van der Waals surface area contributed by atoms with Crippen LogP contribution in [0.25, 0.3) is 11.0 Å². The van der Waals surface area contributed by atoms with Crippen molar-refractivity contribution >= 4 is 34.3 Å². The number of rotatable bonds is 10. The quantitative estimate of drug-likeness (QED) is 0.366. The molecule has 8 nitrogen and oxygen atoms in total. The van der Waals surface area contributed by atoms with Gasteiger partial charge in [0.1, 0.15) is 5.65 Å². The van der Waals surface area contributed by atoms with E-state index in [0.29, 0.717) is 29.7 Å². The molecule has 188 valence electrons. The van der Waals surface area contributed by atoms with Crippen LogP contribution in [-0.4, -0.2) is 45.3 Å². The standard InChI is InChI=1S/C27H36N4O4/c1-17(2)16-31-24(26(33)35-6)23(30-22(32)12-19-10-8-7-9-11-19)21-13-20(15-28-25(21)31)29-18(3)14-27(4,5)34/h7-11,13,15,17-18,29,34H,12,14,16H2,1-6H3,(H,30,32)/t18-/m1/s1. The van der Waals surface area contributed by atoms with Crippen LogP contribution < -0.4 is 10.6 Å². The number of methoxy groups -OCH3 is 1. The molecule has 3 aromatic rings. The molecule has 0 unspecified atom stereocenters. The summed E-state index contributed by atoms with van der Waals surface area (Å²) >= 11 is 0. The first kappa shape index (κ1) is 26.2. The van der Waals surface area contributed by atoms with Gasteiger partial charge in [-0.25, -0.2) is 9.78 Å². The summed E-state index contributed by atoms with van der Waals surface area (Å²) in [5, 5.41) is 17.1. The SMILES string of the molecule is COC(=O)c1c(NC(=O)Cc2ccccc2)c2cc(N[C@H](C)CC(C)(C)O)cnc2n1CC(C)C. The molecule has 0 saturated carbocycles. The third-order valence-electron chi connectivity index (χ3n) is 5.52. The summed E-state index contributed by atoms with van der Waals surface area (Å²) in [5.74, 6) is -0.546. The van der Waals surface area contributed by atoms with Crippen LogP contribution in [0.3, 0.4) is 0 Å². The molecular formula is C27H36N4O4. The number of benzene rings is 1. The molecule has 3 N–H and O–H groups in total. The zero-order valence-electron chi connectivity index (χ0n) is 21.4. The van der Waals surface area contributed by atoms with Gasteiger partial charge in [0.2, 0.25) is 5.91 Å². The fourth-order valence-electron chi connectivity index (χ4n) is 4.33. The lowest BCUT2D eigenvalue weighted by molar-refractivity contribution is -0.115. The molecule has 0 saturated heterocycles. The average Bonchev–Trinajstić information content (AvgIpc) is 3.04. The van der Waals surface area contributed by atoms with Gasteiger partial charge in [-0.15, -0.1) is 0 Å². The summed E-state index contributed by atoms with van der Waals surface area (Å²) in [4.78, 5) is 30.6. The Morgan fingerprint density at radius 3 is 2.46 bits per heavy atom. The van der Waals surface area contributed by atoms with E-state index in [1.54, 1.807) is 20.0 Å². The first-order valence-corrected chi connectivity index (χ1v) is 11.9. The summed E-state index contributed by atoms with van der Waals surface area (Å²) in [6, 6.07) is 11.3. The Bertz CT molecular complexity index is 1180. The molecule has 1 amide bonds. The number of fused-ring (bicyclic) bond motifs is 1. The van der Waals surface area contributed by atoms with Gasteiger partial charge in [-0.05, 0) is 44.7 Å². The number of aliphatic hydroxyl groups is 1. The molecule has 2 aromatic heterocycles. The van der Waals surface area contributed by atoms with Crippen molar-refractivity contribution in [1.29, 1.82) is 0 Å². The molecule has 2 heterocycles. The Labute approximate surface area is 206 Å². The second-order valence-corrected chi connectivity index (χ2v) is 10.1. The second-order valence-electron chi connectivity index (χ2n) is 10.1. The van der Waals surface area contributed by atoms with Gasteiger partial charge in [0.05, 0.1) is 36.7 Å². The highest BCUT2D eigenvalue weighted by Gasteiger charge is 2.27. The van der Waals surface area contributed by atoms with Crippen LogP contribution in [-0.2, 0) is 22.5 Å². The summed E-state index contributed by atoms with van der Waals surface area (Å²) in [6.45, 7) is 10.1. The molecule has 0 aliphatic carbocycles. The summed E-state index contributed by atoms with van der Waals surface area (Å²) in [7, 11) is 1.33. The second kappa shape index (κ2) is 10.9. The van der Waals surface area contributed by atoms with Crippen molar-refractivity contribution in [2.24, 2.45) is 5.92 Å². The molecule has 0 radical (unpaired) electrons. The Balaban J connectivity index is 2.07. The minimum absolute atomic E-state index is 0.0248. The van der Waals surface area contributed by atoms with Crippen LogP contribution in [0.4, 0.5) is 11.4 Å². The van der Waals surface area contributed by atoms with Gasteiger partial charge in [0, 0.05) is 18.0 Å². The van der Waals surface area contributed by atoms with Crippen molar-refractivity contribution in [2.75, 3.05) is 17.7 Å². The monoisotopic (exact) mass is 480 g/mol. The van der Waals surface area contributed by atoms with E-state index in [4.69, 9.17) is 4.74 Å². The molecule has 0 bridgehead atoms. The third kappa shape index (κ3) is 6.82. The number of amides is 1. The fourth-order valence-corrected chi connectivity index (χ4v) is 4.33. The van der Waals surface area contributed by atoms with Crippen LogP contribution in [0.1, 0.15) is 57.1 Å². The lowest BCUT2D eigenvalue weighted by Crippen LogP contribution is -2.29. The Morgan fingerprint density at radius 2 is 1.86 bits per heavy atom. The number of esters is 1. The summed E-state index contributed by atoms with van der Waals surface area (Å²) in [6.07, 6.45) is 2.41. The molecule has 3 rings (SSSR count). The highest BCUT2D eigenvalue weighted by Crippen LogP contribution is 2.34. The number of nitrogens with one attached hydrogen (secondary N) is 2. The van der Waals surface area contributed by atoms with Gasteiger partial charge < -0.3 is 25.0 Å². The lowest BCUT2D eigenvalue weighted by Gasteiger charge is -2.23. The molecule has 0 aliphatic heterocycles. The first-order chi connectivity index (χ1) is 16.5. The number of anilines is 2. The third-order valence-corrected chi connectivity index (χ3v) is 5.52. The van der Waals surface area contributed by atoms with Gasteiger partial charge >= 0.3 is 5.97 Å². The Hall–Kier alpha value is -3.39. The minimum atomic E-state index is -0.820. The van der Waals surface area contributed by atoms with Gasteiger partial charge in [-0.1, -0.05) is 44.2 Å². The van der Waals surface area contributed by atoms with Crippen LogP contribution in [0, 0.1) is 5.92 Å². The highest BCUT2D eigenvalue weighted by atomic mass is 16.5. The van der Waals surface area contributed by atoms with Crippen molar-refractivity contribution in [3.63, 3.8) is 0 Å². The zero-order chi connectivity index (χ0) is 25.8. The maximum absolute atomic E-state index is 13.0. The maximum atomic E-state index is 13.0. The van der Waals surface area contributed by atoms with E-state index in [1.807, 2.05) is 47.9 Å². The lowest BCUT2D eigenvalue weighted by atomic mass is 10.0. The summed E-state index contributed by atoms with van der Waals surface area (Å²) < 4.78 is 6.91. The Morgan fingerprint density at radius 1 is 1.17 bits per heavy atom. The molecule has 1 aromatic carbocycles. The van der Waals surface area contributed by atoms with Gasteiger partial charge in [0.15, 0.2) is 5.69 Å². The molecular weight excluding hydrogens is 444 g/mol. The van der Waals surface area contributed by atoms with Gasteiger partial charge in [0.25, 0.3) is 0 Å². The van der Waals surface area contributed by atoms with Crippen LogP contribution in [0.15, 0.2) is 42.6 Å².